The molecule has 0 bridgehead atoms. The van der Waals surface area contributed by atoms with Crippen LogP contribution in [0.2, 0.25) is 0 Å². The number of hydrogen-bond donors (Lipinski definition) is 2. The van der Waals surface area contributed by atoms with Crippen LogP contribution in [-0.2, 0) is 9.53 Å². The van der Waals surface area contributed by atoms with Crippen molar-refractivity contribution >= 4 is 28.7 Å². The minimum absolute atomic E-state index is 0.114. The maximum absolute atomic E-state index is 12.8. The molecule has 0 aliphatic heterocycles. The van der Waals surface area contributed by atoms with Crippen molar-refractivity contribution in [3.05, 3.63) is 70.6 Å². The average molecular weight is 408 g/mol. The zero-order valence-corrected chi connectivity index (χ0v) is 16.3. The van der Waals surface area contributed by atoms with E-state index in [4.69, 9.17) is 4.74 Å². The molecule has 1 heterocycles. The second-order valence-corrected chi connectivity index (χ2v) is 6.33. The van der Waals surface area contributed by atoms with E-state index >= 15 is 0 Å². The molecular formula is C21H20N4O5. The van der Waals surface area contributed by atoms with E-state index in [9.17, 15) is 19.2 Å². The SMILES string of the molecule is CCCNC(=O)NC(=O)COC(=O)c1nn(-c2ccccc2)c(=O)c2ccccc12. The summed E-state index contributed by atoms with van der Waals surface area (Å²) in [6.45, 7) is 1.62. The van der Waals surface area contributed by atoms with E-state index in [1.54, 1.807) is 54.6 Å². The molecule has 0 unspecified atom stereocenters. The number of para-hydroxylation sites is 1. The Kier molecular flexibility index (Phi) is 6.53. The van der Waals surface area contributed by atoms with Gasteiger partial charge in [-0.25, -0.2) is 9.59 Å². The summed E-state index contributed by atoms with van der Waals surface area (Å²) in [4.78, 5) is 48.8. The first kappa shape index (κ1) is 20.7. The topological polar surface area (TPSA) is 119 Å². The van der Waals surface area contributed by atoms with Crippen molar-refractivity contribution in [2.75, 3.05) is 13.2 Å². The van der Waals surface area contributed by atoms with E-state index in [0.717, 1.165) is 4.68 Å². The van der Waals surface area contributed by atoms with Crippen molar-refractivity contribution in [1.29, 1.82) is 0 Å². The molecule has 0 aliphatic rings. The number of nitrogens with one attached hydrogen (secondary N) is 2. The van der Waals surface area contributed by atoms with Gasteiger partial charge in [0.2, 0.25) is 0 Å². The molecule has 0 saturated heterocycles. The lowest BCUT2D eigenvalue weighted by Gasteiger charge is -2.11. The molecule has 30 heavy (non-hydrogen) atoms. The number of aromatic nitrogens is 2. The van der Waals surface area contributed by atoms with E-state index in [1.165, 1.54) is 0 Å². The summed E-state index contributed by atoms with van der Waals surface area (Å²) in [5.41, 5.74) is -0.0244. The van der Waals surface area contributed by atoms with E-state index < -0.39 is 30.1 Å². The molecule has 0 atom stereocenters. The highest BCUT2D eigenvalue weighted by Crippen LogP contribution is 2.16. The van der Waals surface area contributed by atoms with Crippen molar-refractivity contribution in [2.24, 2.45) is 0 Å². The van der Waals surface area contributed by atoms with Gasteiger partial charge in [0.25, 0.3) is 11.5 Å². The Balaban J connectivity index is 1.85. The van der Waals surface area contributed by atoms with Gasteiger partial charge >= 0.3 is 12.0 Å². The lowest BCUT2D eigenvalue weighted by molar-refractivity contribution is -0.123. The summed E-state index contributed by atoms with van der Waals surface area (Å²) in [5, 5.41) is 9.30. The fourth-order valence-electron chi connectivity index (χ4n) is 2.73. The predicted molar refractivity (Wildman–Crippen MR) is 109 cm³/mol. The Labute approximate surface area is 171 Å². The first-order valence-corrected chi connectivity index (χ1v) is 9.33. The molecule has 9 heteroatoms. The molecule has 9 nitrogen and oxygen atoms in total. The molecule has 0 fully saturated rings. The Morgan fingerprint density at radius 1 is 1.00 bits per heavy atom. The van der Waals surface area contributed by atoms with E-state index in [0.29, 0.717) is 24.0 Å². The summed E-state index contributed by atoms with van der Waals surface area (Å²) in [5.74, 6) is -1.67. The van der Waals surface area contributed by atoms with Gasteiger partial charge in [0.15, 0.2) is 12.3 Å². The number of fused-ring (bicyclic) bond motifs is 1. The van der Waals surface area contributed by atoms with Crippen LogP contribution in [0, 0.1) is 0 Å². The van der Waals surface area contributed by atoms with Gasteiger partial charge in [0.05, 0.1) is 11.1 Å². The van der Waals surface area contributed by atoms with Gasteiger partial charge in [0, 0.05) is 11.9 Å². The van der Waals surface area contributed by atoms with Crippen LogP contribution in [0.4, 0.5) is 4.79 Å². The number of carbonyl (C=O) groups is 3. The van der Waals surface area contributed by atoms with Gasteiger partial charge < -0.3 is 10.1 Å². The molecule has 3 amide bonds. The van der Waals surface area contributed by atoms with E-state index in [2.05, 4.69) is 15.7 Å². The fraction of sp³-hybridized carbons (Fsp3) is 0.190. The molecule has 0 saturated carbocycles. The lowest BCUT2D eigenvalue weighted by atomic mass is 10.1. The van der Waals surface area contributed by atoms with Gasteiger partial charge in [-0.2, -0.15) is 9.78 Å². The van der Waals surface area contributed by atoms with Gasteiger partial charge in [0.1, 0.15) is 0 Å². The van der Waals surface area contributed by atoms with Crippen molar-refractivity contribution in [1.82, 2.24) is 20.4 Å². The molecule has 0 spiro atoms. The zero-order valence-electron chi connectivity index (χ0n) is 16.3. The first-order valence-electron chi connectivity index (χ1n) is 9.33. The van der Waals surface area contributed by atoms with Crippen LogP contribution >= 0.6 is 0 Å². The smallest absolute Gasteiger partial charge is 0.359 e. The van der Waals surface area contributed by atoms with Crippen LogP contribution in [0.25, 0.3) is 16.5 Å². The predicted octanol–water partition coefficient (Wildman–Crippen LogP) is 1.78. The fourth-order valence-corrected chi connectivity index (χ4v) is 2.73. The van der Waals surface area contributed by atoms with Gasteiger partial charge in [-0.05, 0) is 24.6 Å². The van der Waals surface area contributed by atoms with Crippen LogP contribution in [0.3, 0.4) is 0 Å². The number of ether oxygens (including phenoxy) is 1. The van der Waals surface area contributed by atoms with Gasteiger partial charge in [-0.1, -0.05) is 43.3 Å². The van der Waals surface area contributed by atoms with Crippen molar-refractivity contribution < 1.29 is 19.1 Å². The first-order chi connectivity index (χ1) is 14.5. The van der Waals surface area contributed by atoms with Crippen molar-refractivity contribution in [3.8, 4) is 5.69 Å². The molecule has 2 aromatic carbocycles. The molecule has 3 rings (SSSR count). The second-order valence-electron chi connectivity index (χ2n) is 6.33. The summed E-state index contributed by atoms with van der Waals surface area (Å²) in [6.07, 6.45) is 0.715. The van der Waals surface area contributed by atoms with E-state index in [1.807, 2.05) is 6.92 Å². The highest BCUT2D eigenvalue weighted by atomic mass is 16.5. The highest BCUT2D eigenvalue weighted by molar-refractivity contribution is 6.03. The largest absolute Gasteiger partial charge is 0.451 e. The van der Waals surface area contributed by atoms with Crippen LogP contribution in [0.5, 0.6) is 0 Å². The normalized spacial score (nSPS) is 10.4. The van der Waals surface area contributed by atoms with Crippen LogP contribution in [0.15, 0.2) is 59.4 Å². The monoisotopic (exact) mass is 408 g/mol. The molecule has 2 N–H and O–H groups in total. The van der Waals surface area contributed by atoms with Crippen LogP contribution in [0.1, 0.15) is 23.8 Å². The van der Waals surface area contributed by atoms with E-state index in [-0.39, 0.29) is 11.1 Å². The van der Waals surface area contributed by atoms with Gasteiger partial charge in [-0.15, -0.1) is 0 Å². The lowest BCUT2D eigenvalue weighted by Crippen LogP contribution is -2.41. The summed E-state index contributed by atoms with van der Waals surface area (Å²) in [6, 6.07) is 14.5. The number of imide groups is 1. The molecule has 0 radical (unpaired) electrons. The number of hydrogen-bond acceptors (Lipinski definition) is 6. The minimum Gasteiger partial charge on any atom is -0.451 e. The number of amides is 3. The summed E-state index contributed by atoms with van der Waals surface area (Å²) in [7, 11) is 0. The number of urea groups is 1. The molecule has 3 aromatic rings. The Morgan fingerprint density at radius 2 is 1.67 bits per heavy atom. The van der Waals surface area contributed by atoms with Gasteiger partial charge in [-0.3, -0.25) is 14.9 Å². The number of carbonyl (C=O) groups excluding carboxylic acids is 3. The maximum atomic E-state index is 12.8. The molecule has 1 aromatic heterocycles. The maximum Gasteiger partial charge on any atom is 0.359 e. The molecule has 0 aliphatic carbocycles. The standard InChI is InChI=1S/C21H20N4O5/c1-2-12-22-21(29)23-17(26)13-30-20(28)18-15-10-6-7-11-16(15)19(27)25(24-18)14-8-4-3-5-9-14/h3-11H,2,12-13H2,1H3,(H2,22,23,26,29). The molecule has 154 valence electrons. The highest BCUT2D eigenvalue weighted by Gasteiger charge is 2.20. The quantitative estimate of drug-likeness (QED) is 0.600. The number of esters is 1. The van der Waals surface area contributed by atoms with Crippen molar-refractivity contribution in [3.63, 3.8) is 0 Å². The average Bonchev–Trinajstić information content (AvgIpc) is 2.77. The third-order valence-corrected chi connectivity index (χ3v) is 4.12. The van der Waals surface area contributed by atoms with Crippen LogP contribution < -0.4 is 16.2 Å². The molecular weight excluding hydrogens is 388 g/mol. The number of benzene rings is 2. The number of rotatable bonds is 6. The van der Waals surface area contributed by atoms with Crippen molar-refractivity contribution in [2.45, 2.75) is 13.3 Å². The minimum atomic E-state index is -0.889. The Hall–Kier alpha value is -4.01. The second kappa shape index (κ2) is 9.46. The summed E-state index contributed by atoms with van der Waals surface area (Å²) >= 11 is 0. The third-order valence-electron chi connectivity index (χ3n) is 4.12. The summed E-state index contributed by atoms with van der Waals surface area (Å²) < 4.78 is 6.13. The zero-order chi connectivity index (χ0) is 21.5. The Morgan fingerprint density at radius 3 is 2.37 bits per heavy atom. The number of nitrogens with zero attached hydrogens (tertiary/aromatic N) is 2. The van der Waals surface area contributed by atoms with Crippen LogP contribution in [-0.4, -0.2) is 40.8 Å². The third kappa shape index (κ3) is 4.69. The Bertz CT molecular complexity index is 1140.